The van der Waals surface area contributed by atoms with Crippen LogP contribution in [0.2, 0.25) is 0 Å². The van der Waals surface area contributed by atoms with Crippen molar-refractivity contribution in [2.75, 3.05) is 0 Å². The van der Waals surface area contributed by atoms with Gasteiger partial charge in [0, 0.05) is 5.56 Å². The van der Waals surface area contributed by atoms with Crippen molar-refractivity contribution in [1.82, 2.24) is 19.9 Å². The lowest BCUT2D eigenvalue weighted by Gasteiger charge is -2.17. The lowest BCUT2D eigenvalue weighted by atomic mass is 9.88. The van der Waals surface area contributed by atoms with Crippen molar-refractivity contribution in [3.63, 3.8) is 0 Å². The molecule has 3 heterocycles. The number of nitrogens with zero attached hydrogens (tertiary/aromatic N) is 3. The standard InChI is InChI=1S/C30H30N4OS/c1-17(2)23-13-20(14-24-27(23)32-15-31-24)30-34-28-21(7-5-9-25(28)35-30)18(3)11-12-19(4)22-8-6-10-26-29(22)33-16-36-26/h5-10,13-19H,11-12H2,1-4H3,(H,31,32). The molecule has 0 amide bonds. The van der Waals surface area contributed by atoms with E-state index in [1.54, 1.807) is 17.7 Å². The number of hydrogen-bond donors (Lipinski definition) is 1. The Bertz CT molecular complexity index is 1670. The van der Waals surface area contributed by atoms with Crippen LogP contribution in [0.15, 0.2) is 64.8 Å². The van der Waals surface area contributed by atoms with Crippen LogP contribution in [0.1, 0.15) is 75.0 Å². The van der Waals surface area contributed by atoms with Gasteiger partial charge in [-0.3, -0.25) is 0 Å². The summed E-state index contributed by atoms with van der Waals surface area (Å²) in [4.78, 5) is 17.4. The van der Waals surface area contributed by atoms with Crippen LogP contribution in [-0.2, 0) is 0 Å². The quantitative estimate of drug-likeness (QED) is 0.241. The van der Waals surface area contributed by atoms with Crippen LogP contribution in [0.3, 0.4) is 0 Å². The molecule has 0 bridgehead atoms. The second-order valence-corrected chi connectivity index (χ2v) is 11.0. The first-order valence-electron chi connectivity index (χ1n) is 12.7. The van der Waals surface area contributed by atoms with Gasteiger partial charge in [-0.25, -0.2) is 15.0 Å². The van der Waals surface area contributed by atoms with Crippen LogP contribution in [-0.4, -0.2) is 19.9 Å². The molecule has 0 saturated carbocycles. The molecule has 0 radical (unpaired) electrons. The van der Waals surface area contributed by atoms with Gasteiger partial charge in [0.2, 0.25) is 5.89 Å². The van der Waals surface area contributed by atoms with Gasteiger partial charge in [-0.15, -0.1) is 11.3 Å². The molecule has 0 aliphatic heterocycles. The Labute approximate surface area is 214 Å². The SMILES string of the molecule is CC(C)c1cc(-c2nc3c(C(C)CCC(C)c4cccc5scnc45)cccc3o2)cc2[nH]cnc12. The van der Waals surface area contributed by atoms with Crippen LogP contribution in [0, 0.1) is 0 Å². The second-order valence-electron chi connectivity index (χ2n) is 10.2. The summed E-state index contributed by atoms with van der Waals surface area (Å²) in [6, 6.07) is 17.1. The summed E-state index contributed by atoms with van der Waals surface area (Å²) < 4.78 is 7.55. The number of aromatic amines is 1. The first kappa shape index (κ1) is 22.9. The Morgan fingerprint density at radius 2 is 1.58 bits per heavy atom. The van der Waals surface area contributed by atoms with Crippen LogP contribution in [0.5, 0.6) is 0 Å². The lowest BCUT2D eigenvalue weighted by Crippen LogP contribution is -2.00. The highest BCUT2D eigenvalue weighted by Crippen LogP contribution is 2.36. The number of aromatic nitrogens is 4. The Kier molecular flexibility index (Phi) is 5.84. The number of nitrogens with one attached hydrogen (secondary N) is 1. The molecule has 0 aliphatic carbocycles. The average molecular weight is 495 g/mol. The van der Waals surface area contributed by atoms with Crippen molar-refractivity contribution in [2.24, 2.45) is 0 Å². The van der Waals surface area contributed by atoms with Gasteiger partial charge < -0.3 is 9.40 Å². The van der Waals surface area contributed by atoms with E-state index in [-0.39, 0.29) is 0 Å². The maximum Gasteiger partial charge on any atom is 0.227 e. The number of para-hydroxylation sites is 2. The normalized spacial score (nSPS) is 13.8. The molecule has 6 heteroatoms. The fourth-order valence-corrected chi connectivity index (χ4v) is 5.96. The van der Waals surface area contributed by atoms with Gasteiger partial charge in [0.05, 0.1) is 33.1 Å². The summed E-state index contributed by atoms with van der Waals surface area (Å²) in [6.45, 7) is 8.99. The molecule has 1 N–H and O–H groups in total. The molecule has 3 aromatic carbocycles. The zero-order valence-electron chi connectivity index (χ0n) is 21.1. The molecular formula is C30H30N4OS. The Hall–Kier alpha value is -3.51. The smallest absolute Gasteiger partial charge is 0.227 e. The van der Waals surface area contributed by atoms with E-state index in [9.17, 15) is 0 Å². The Morgan fingerprint density at radius 1 is 0.833 bits per heavy atom. The fraction of sp³-hybridized carbons (Fsp3) is 0.300. The molecule has 0 spiro atoms. The maximum absolute atomic E-state index is 6.29. The zero-order chi connectivity index (χ0) is 24.8. The van der Waals surface area contributed by atoms with Gasteiger partial charge in [0.15, 0.2) is 5.58 Å². The van der Waals surface area contributed by atoms with Crippen molar-refractivity contribution in [3.05, 3.63) is 77.1 Å². The number of hydrogen-bond acceptors (Lipinski definition) is 5. The molecule has 2 atom stereocenters. The monoisotopic (exact) mass is 494 g/mol. The number of imidazole rings is 1. The van der Waals surface area contributed by atoms with Crippen LogP contribution in [0.4, 0.5) is 0 Å². The minimum absolute atomic E-state index is 0.354. The molecule has 6 aromatic rings. The highest BCUT2D eigenvalue weighted by Gasteiger charge is 2.19. The van der Waals surface area contributed by atoms with E-state index < -0.39 is 0 Å². The maximum atomic E-state index is 6.29. The van der Waals surface area contributed by atoms with E-state index >= 15 is 0 Å². The molecule has 36 heavy (non-hydrogen) atoms. The molecule has 3 aromatic heterocycles. The van der Waals surface area contributed by atoms with Gasteiger partial charge in [0.25, 0.3) is 0 Å². The summed E-state index contributed by atoms with van der Waals surface area (Å²) >= 11 is 1.71. The van der Waals surface area contributed by atoms with Gasteiger partial charge in [-0.1, -0.05) is 52.0 Å². The molecular weight excluding hydrogens is 464 g/mol. The second kappa shape index (κ2) is 9.17. The lowest BCUT2D eigenvalue weighted by molar-refractivity contribution is 0.577. The van der Waals surface area contributed by atoms with E-state index in [2.05, 4.69) is 85.1 Å². The minimum Gasteiger partial charge on any atom is -0.436 e. The van der Waals surface area contributed by atoms with Crippen LogP contribution >= 0.6 is 11.3 Å². The molecule has 0 saturated heterocycles. The summed E-state index contributed by atoms with van der Waals surface area (Å²) in [5.41, 5.74) is 11.7. The van der Waals surface area contributed by atoms with Crippen LogP contribution in [0.25, 0.3) is 43.8 Å². The van der Waals surface area contributed by atoms with Crippen molar-refractivity contribution in [3.8, 4) is 11.5 Å². The number of benzene rings is 3. The van der Waals surface area contributed by atoms with Gasteiger partial charge in [-0.05, 0) is 71.6 Å². The highest BCUT2D eigenvalue weighted by atomic mass is 32.1. The number of rotatable bonds is 7. The fourth-order valence-electron chi connectivity index (χ4n) is 5.25. The summed E-state index contributed by atoms with van der Waals surface area (Å²) in [7, 11) is 0. The third-order valence-corrected chi connectivity index (χ3v) is 8.15. The summed E-state index contributed by atoms with van der Waals surface area (Å²) in [5, 5.41) is 0. The minimum atomic E-state index is 0.354. The Balaban J connectivity index is 1.29. The molecule has 2 unspecified atom stereocenters. The molecule has 0 fully saturated rings. The van der Waals surface area contributed by atoms with Gasteiger partial charge in [0.1, 0.15) is 5.52 Å². The predicted octanol–water partition coefficient (Wildman–Crippen LogP) is 8.79. The van der Waals surface area contributed by atoms with Crippen molar-refractivity contribution >= 4 is 43.7 Å². The van der Waals surface area contributed by atoms with E-state index in [1.807, 2.05) is 11.6 Å². The number of fused-ring (bicyclic) bond motifs is 3. The third kappa shape index (κ3) is 3.99. The molecule has 182 valence electrons. The molecule has 6 rings (SSSR count). The van der Waals surface area contributed by atoms with E-state index in [0.717, 1.165) is 46.1 Å². The number of thiazole rings is 1. The average Bonchev–Trinajstić information content (AvgIpc) is 3.64. The van der Waals surface area contributed by atoms with Crippen molar-refractivity contribution < 1.29 is 4.42 Å². The van der Waals surface area contributed by atoms with Crippen LogP contribution < -0.4 is 0 Å². The first-order chi connectivity index (χ1) is 17.5. The largest absolute Gasteiger partial charge is 0.436 e. The highest BCUT2D eigenvalue weighted by molar-refractivity contribution is 7.16. The van der Waals surface area contributed by atoms with E-state index in [0.29, 0.717) is 23.6 Å². The zero-order valence-corrected chi connectivity index (χ0v) is 21.9. The number of H-pyrrole nitrogens is 1. The Morgan fingerprint density at radius 3 is 2.36 bits per heavy atom. The van der Waals surface area contributed by atoms with Gasteiger partial charge >= 0.3 is 0 Å². The van der Waals surface area contributed by atoms with Crippen molar-refractivity contribution in [2.45, 2.75) is 58.3 Å². The number of oxazole rings is 1. The molecule has 5 nitrogen and oxygen atoms in total. The summed E-state index contributed by atoms with van der Waals surface area (Å²) in [6.07, 6.45) is 3.91. The third-order valence-electron chi connectivity index (χ3n) is 7.36. The first-order valence-corrected chi connectivity index (χ1v) is 13.6. The predicted molar refractivity (Wildman–Crippen MR) is 149 cm³/mol. The topological polar surface area (TPSA) is 67.6 Å². The summed E-state index contributed by atoms with van der Waals surface area (Å²) in [5.74, 6) is 1.82. The van der Waals surface area contributed by atoms with E-state index in [4.69, 9.17) is 9.40 Å². The van der Waals surface area contributed by atoms with E-state index in [1.165, 1.54) is 21.4 Å². The van der Waals surface area contributed by atoms with Gasteiger partial charge in [-0.2, -0.15) is 0 Å². The molecule has 0 aliphatic rings. The van der Waals surface area contributed by atoms with Crippen molar-refractivity contribution in [1.29, 1.82) is 0 Å².